The Labute approximate surface area is 182 Å². The van der Waals surface area contributed by atoms with E-state index in [9.17, 15) is 27.9 Å². The van der Waals surface area contributed by atoms with Crippen LogP contribution in [-0.4, -0.2) is 23.5 Å². The van der Waals surface area contributed by atoms with Gasteiger partial charge in [0.25, 0.3) is 0 Å². The molecule has 0 aliphatic carbocycles. The van der Waals surface area contributed by atoms with Gasteiger partial charge < -0.3 is 10.0 Å². The Hall–Kier alpha value is -3.81. The Bertz CT molecular complexity index is 1180. The molecule has 164 valence electrons. The lowest BCUT2D eigenvalue weighted by atomic mass is 9.95. The second kappa shape index (κ2) is 8.03. The molecule has 8 heteroatoms. The Morgan fingerprint density at radius 2 is 1.59 bits per heavy atom. The Kier molecular flexibility index (Phi) is 5.38. The first kappa shape index (κ1) is 21.4. The zero-order chi connectivity index (χ0) is 23.0. The maximum absolute atomic E-state index is 13.8. The second-order valence-corrected chi connectivity index (χ2v) is 7.32. The molecule has 1 heterocycles. The van der Waals surface area contributed by atoms with E-state index in [1.807, 2.05) is 0 Å². The Morgan fingerprint density at radius 3 is 2.22 bits per heavy atom. The van der Waals surface area contributed by atoms with E-state index in [1.54, 1.807) is 37.3 Å². The van der Waals surface area contributed by atoms with Gasteiger partial charge >= 0.3 is 6.18 Å². The number of phenols is 1. The summed E-state index contributed by atoms with van der Waals surface area (Å²) in [5.41, 5.74) is -0.180. The van der Waals surface area contributed by atoms with Crippen LogP contribution in [0.3, 0.4) is 0 Å². The molecule has 0 radical (unpaired) electrons. The number of para-hydroxylation sites is 1. The van der Waals surface area contributed by atoms with Crippen LogP contribution in [0.2, 0.25) is 0 Å². The molecule has 0 aromatic heterocycles. The number of likely N-dealkylation sites (N-methyl/N-ethyl adjacent to an activating group) is 1. The van der Waals surface area contributed by atoms with Crippen molar-refractivity contribution in [1.82, 2.24) is 0 Å². The van der Waals surface area contributed by atoms with Crippen molar-refractivity contribution in [3.8, 4) is 5.75 Å². The number of anilines is 3. The first-order valence-electron chi connectivity index (χ1n) is 9.93. The molecule has 0 saturated carbocycles. The van der Waals surface area contributed by atoms with E-state index in [2.05, 4.69) is 0 Å². The van der Waals surface area contributed by atoms with Crippen molar-refractivity contribution in [1.29, 1.82) is 0 Å². The van der Waals surface area contributed by atoms with Crippen LogP contribution in [-0.2, 0) is 15.8 Å². The molecule has 0 spiro atoms. The normalized spacial score (nSPS) is 16.7. The van der Waals surface area contributed by atoms with Crippen LogP contribution < -0.4 is 9.80 Å². The van der Waals surface area contributed by atoms with Crippen molar-refractivity contribution in [3.05, 3.63) is 83.9 Å². The molecule has 3 aromatic rings. The maximum atomic E-state index is 13.8. The average molecular weight is 440 g/mol. The van der Waals surface area contributed by atoms with Crippen LogP contribution in [0.1, 0.15) is 24.0 Å². The van der Waals surface area contributed by atoms with Crippen LogP contribution in [0, 0.1) is 0 Å². The molecule has 1 aliphatic heterocycles. The lowest BCUT2D eigenvalue weighted by Gasteiger charge is -2.26. The van der Waals surface area contributed by atoms with Gasteiger partial charge in [-0.3, -0.25) is 14.5 Å². The first-order valence-corrected chi connectivity index (χ1v) is 9.93. The van der Waals surface area contributed by atoms with Crippen LogP contribution in [0.4, 0.5) is 30.2 Å². The fourth-order valence-corrected chi connectivity index (χ4v) is 3.89. The molecule has 4 rings (SSSR count). The Balaban J connectivity index is 2.00. The number of alkyl halides is 3. The van der Waals surface area contributed by atoms with Gasteiger partial charge in [0.2, 0.25) is 11.8 Å². The predicted octanol–water partition coefficient (Wildman–Crippen LogP) is 5.23. The van der Waals surface area contributed by atoms with Gasteiger partial charge in [-0.1, -0.05) is 30.3 Å². The molecule has 1 atom stereocenters. The molecule has 0 fully saturated rings. The summed E-state index contributed by atoms with van der Waals surface area (Å²) < 4.78 is 40.5. The summed E-state index contributed by atoms with van der Waals surface area (Å²) in [6.07, 6.45) is -4.63. The second-order valence-electron chi connectivity index (χ2n) is 7.32. The van der Waals surface area contributed by atoms with Crippen LogP contribution in [0.5, 0.6) is 5.75 Å². The summed E-state index contributed by atoms with van der Waals surface area (Å²) in [6, 6.07) is 17.0. The highest BCUT2D eigenvalue weighted by Gasteiger charge is 2.43. The van der Waals surface area contributed by atoms with Gasteiger partial charge in [0, 0.05) is 12.2 Å². The zero-order valence-corrected chi connectivity index (χ0v) is 17.0. The predicted molar refractivity (Wildman–Crippen MR) is 114 cm³/mol. The summed E-state index contributed by atoms with van der Waals surface area (Å²) in [7, 11) is 0. The number of carbonyl (C=O) groups is 2. The first-order chi connectivity index (χ1) is 15.2. The van der Waals surface area contributed by atoms with Gasteiger partial charge in [-0.25, -0.2) is 0 Å². The minimum absolute atomic E-state index is 0.0334. The molecule has 1 unspecified atom stereocenters. The van der Waals surface area contributed by atoms with E-state index < -0.39 is 29.5 Å². The van der Waals surface area contributed by atoms with Gasteiger partial charge in [-0.2, -0.15) is 13.2 Å². The van der Waals surface area contributed by atoms with E-state index in [1.165, 1.54) is 35.2 Å². The van der Waals surface area contributed by atoms with E-state index in [0.29, 0.717) is 5.69 Å². The van der Waals surface area contributed by atoms with Crippen LogP contribution in [0.25, 0.3) is 0 Å². The van der Waals surface area contributed by atoms with Crippen LogP contribution >= 0.6 is 0 Å². The molecule has 0 saturated heterocycles. The highest BCUT2D eigenvalue weighted by Crippen LogP contribution is 2.44. The minimum atomic E-state index is -4.63. The monoisotopic (exact) mass is 440 g/mol. The van der Waals surface area contributed by atoms with Crippen molar-refractivity contribution < 1.29 is 27.9 Å². The third-order valence-corrected chi connectivity index (χ3v) is 5.35. The Morgan fingerprint density at radius 1 is 0.875 bits per heavy atom. The van der Waals surface area contributed by atoms with Crippen molar-refractivity contribution in [2.45, 2.75) is 19.0 Å². The summed E-state index contributed by atoms with van der Waals surface area (Å²) >= 11 is 0. The quantitative estimate of drug-likeness (QED) is 0.568. The van der Waals surface area contributed by atoms with E-state index in [0.717, 1.165) is 17.0 Å². The van der Waals surface area contributed by atoms with Crippen molar-refractivity contribution in [2.24, 2.45) is 0 Å². The number of hydrogen-bond acceptors (Lipinski definition) is 3. The molecule has 2 amide bonds. The highest BCUT2D eigenvalue weighted by atomic mass is 19.4. The standard InChI is InChI=1S/C24H19F3N2O3/c1-2-28-19-12-11-16(24(25,26)27)14-20(19)29(17-8-4-3-5-9-17)23(32)21(22(28)31)15-7-6-10-18(30)13-15/h3-14,21,30H,2H2,1H3. The van der Waals surface area contributed by atoms with Gasteiger partial charge in [-0.15, -0.1) is 0 Å². The maximum Gasteiger partial charge on any atom is 0.416 e. The fraction of sp³-hybridized carbons (Fsp3) is 0.167. The summed E-state index contributed by atoms with van der Waals surface area (Å²) in [6.45, 7) is 1.82. The summed E-state index contributed by atoms with van der Waals surface area (Å²) in [4.78, 5) is 29.7. The number of carbonyl (C=O) groups excluding carboxylic acids is 2. The van der Waals surface area contributed by atoms with Gasteiger partial charge in [0.15, 0.2) is 0 Å². The van der Waals surface area contributed by atoms with Gasteiger partial charge in [0.05, 0.1) is 16.9 Å². The molecule has 32 heavy (non-hydrogen) atoms. The molecule has 0 bridgehead atoms. The smallest absolute Gasteiger partial charge is 0.416 e. The molecule has 1 aliphatic rings. The third kappa shape index (κ3) is 3.68. The topological polar surface area (TPSA) is 60.9 Å². The lowest BCUT2D eigenvalue weighted by Crippen LogP contribution is -2.39. The van der Waals surface area contributed by atoms with E-state index in [-0.39, 0.29) is 29.2 Å². The van der Waals surface area contributed by atoms with Crippen molar-refractivity contribution >= 4 is 28.9 Å². The molecular formula is C24H19F3N2O3. The summed E-state index contributed by atoms with van der Waals surface area (Å²) in [5.74, 6) is -2.76. The van der Waals surface area contributed by atoms with Gasteiger partial charge in [-0.05, 0) is 55.0 Å². The minimum Gasteiger partial charge on any atom is -0.508 e. The molecule has 3 aromatic carbocycles. The van der Waals surface area contributed by atoms with Crippen molar-refractivity contribution in [3.63, 3.8) is 0 Å². The number of halogens is 3. The average Bonchev–Trinajstić information content (AvgIpc) is 2.84. The van der Waals surface area contributed by atoms with Crippen molar-refractivity contribution in [2.75, 3.05) is 16.3 Å². The number of phenolic OH excluding ortho intramolecular Hbond substituents is 1. The highest BCUT2D eigenvalue weighted by molar-refractivity contribution is 6.23. The molecular weight excluding hydrogens is 421 g/mol. The number of benzene rings is 3. The van der Waals surface area contributed by atoms with Gasteiger partial charge in [0.1, 0.15) is 11.7 Å². The molecule has 5 nitrogen and oxygen atoms in total. The third-order valence-electron chi connectivity index (χ3n) is 5.35. The SMILES string of the molecule is CCN1C(=O)C(c2cccc(O)c2)C(=O)N(c2ccccc2)c2cc(C(F)(F)F)ccc21. The van der Waals surface area contributed by atoms with E-state index in [4.69, 9.17) is 0 Å². The number of nitrogens with zero attached hydrogens (tertiary/aromatic N) is 2. The lowest BCUT2D eigenvalue weighted by molar-refractivity contribution is -0.137. The van der Waals surface area contributed by atoms with Crippen LogP contribution in [0.15, 0.2) is 72.8 Å². The number of fused-ring (bicyclic) bond motifs is 1. The zero-order valence-electron chi connectivity index (χ0n) is 17.0. The fourth-order valence-electron chi connectivity index (χ4n) is 3.89. The number of hydrogen-bond donors (Lipinski definition) is 1. The summed E-state index contributed by atoms with van der Waals surface area (Å²) in [5, 5.41) is 9.92. The largest absolute Gasteiger partial charge is 0.508 e. The molecule has 1 N–H and O–H groups in total. The number of amides is 2. The number of aromatic hydroxyl groups is 1. The van der Waals surface area contributed by atoms with E-state index >= 15 is 0 Å². The number of rotatable bonds is 3.